The largest absolute Gasteiger partial charge is 0.309 e. The maximum Gasteiger partial charge on any atom is 0.147 e. The Morgan fingerprint density at radius 1 is 0.339 bits per heavy atom. The first-order valence-electron chi connectivity index (χ1n) is 20.9. The van der Waals surface area contributed by atoms with Gasteiger partial charge in [0, 0.05) is 22.1 Å². The quantitative estimate of drug-likeness (QED) is 0.146. The highest BCUT2D eigenvalue weighted by molar-refractivity contribution is 6.34. The molecule has 0 spiro atoms. The smallest absolute Gasteiger partial charge is 0.147 e. The number of fused-ring (bicyclic) bond motifs is 4. The summed E-state index contributed by atoms with van der Waals surface area (Å²) in [5.74, 6) is -0.858. The third-order valence-corrected chi connectivity index (χ3v) is 12.4. The van der Waals surface area contributed by atoms with E-state index < -0.39 is 11.6 Å². The van der Waals surface area contributed by atoms with E-state index >= 15 is 8.78 Å². The van der Waals surface area contributed by atoms with Gasteiger partial charge < -0.3 is 9.47 Å². The summed E-state index contributed by atoms with van der Waals surface area (Å²) < 4.78 is 33.1. The molecule has 0 unspecified atom stereocenters. The Morgan fingerprint density at radius 3 is 1.55 bits per heavy atom. The second-order valence-electron chi connectivity index (χ2n) is 15.9. The van der Waals surface area contributed by atoms with Crippen molar-refractivity contribution in [1.82, 2.24) is 4.57 Å². The molecule has 12 aromatic rings. The maximum absolute atomic E-state index is 15.3. The Bertz CT molecular complexity index is 3550. The molecule has 0 amide bonds. The molecule has 4 heteroatoms. The monoisotopic (exact) mass is 798 g/mol. The van der Waals surface area contributed by atoms with Crippen molar-refractivity contribution in [3.05, 3.63) is 230 Å². The number of hydrogen-bond acceptors (Lipinski definition) is 1. The van der Waals surface area contributed by atoms with Gasteiger partial charge in [-0.3, -0.25) is 0 Å². The molecule has 0 fully saturated rings. The van der Waals surface area contributed by atoms with E-state index in [1.807, 2.05) is 12.1 Å². The van der Waals surface area contributed by atoms with E-state index in [-0.39, 0.29) is 11.4 Å². The molecule has 2 nitrogen and oxygen atoms in total. The minimum absolute atomic E-state index is 0.279. The van der Waals surface area contributed by atoms with Gasteiger partial charge in [0.2, 0.25) is 0 Å². The lowest BCUT2D eigenvalue weighted by atomic mass is 9.88. The second kappa shape index (κ2) is 14.3. The normalized spacial score (nSPS) is 11.7. The lowest BCUT2D eigenvalue weighted by molar-refractivity contribution is 0.619. The first-order valence-corrected chi connectivity index (χ1v) is 20.9. The molecule has 1 heterocycles. The molecule has 12 rings (SSSR count). The van der Waals surface area contributed by atoms with Crippen LogP contribution < -0.4 is 4.90 Å². The molecule has 1 aromatic heterocycles. The number of anilines is 3. The van der Waals surface area contributed by atoms with Crippen LogP contribution in [0.5, 0.6) is 0 Å². The average molecular weight is 799 g/mol. The molecule has 62 heavy (non-hydrogen) atoms. The molecule has 0 aliphatic heterocycles. The third-order valence-electron chi connectivity index (χ3n) is 12.4. The standard InChI is InChI=1S/C58H36F2N2/c59-50-18-8-11-21-53(50)61(54-22-12-9-19-51(54)60)44-28-23-39(24-29-44)46-30-25-40-26-32-49-57-41(27-31-47(46)56(40)57)36-55-58(49)48-17-7-10-20-52(48)62(55)45-34-42(37-13-3-1-4-14-37)33-43(35-45)38-15-5-2-6-16-38/h1-36H. The van der Waals surface area contributed by atoms with Crippen molar-refractivity contribution in [2.24, 2.45) is 0 Å². The zero-order valence-corrected chi connectivity index (χ0v) is 33.4. The van der Waals surface area contributed by atoms with Crippen LogP contribution in [0.4, 0.5) is 25.8 Å². The minimum Gasteiger partial charge on any atom is -0.309 e. The molecular formula is C58H36F2N2. The number of rotatable bonds is 7. The highest BCUT2D eigenvalue weighted by Crippen LogP contribution is 2.46. The lowest BCUT2D eigenvalue weighted by Crippen LogP contribution is -2.13. The van der Waals surface area contributed by atoms with Crippen LogP contribution in [-0.2, 0) is 0 Å². The molecule has 0 saturated carbocycles. The van der Waals surface area contributed by atoms with Crippen LogP contribution in [0.1, 0.15) is 0 Å². The van der Waals surface area contributed by atoms with Crippen molar-refractivity contribution < 1.29 is 8.78 Å². The summed E-state index contributed by atoms with van der Waals surface area (Å²) in [6.45, 7) is 0. The predicted molar refractivity (Wildman–Crippen MR) is 255 cm³/mol. The molecule has 0 atom stereocenters. The molecule has 0 radical (unpaired) electrons. The van der Waals surface area contributed by atoms with E-state index in [1.165, 1.54) is 72.1 Å². The van der Waals surface area contributed by atoms with Gasteiger partial charge in [0.25, 0.3) is 0 Å². The SMILES string of the molecule is Fc1ccccc1N(c1ccc(-c2ccc3ccc4c5c(ccc2c35)cc2c4c3ccccc3n2-c2cc(-c3ccccc3)cc(-c3ccccc3)c2)cc1)c1ccccc1F. The maximum atomic E-state index is 15.3. The van der Waals surface area contributed by atoms with Gasteiger partial charge >= 0.3 is 0 Å². The van der Waals surface area contributed by atoms with Crippen molar-refractivity contribution >= 4 is 71.2 Å². The van der Waals surface area contributed by atoms with Crippen LogP contribution in [0.2, 0.25) is 0 Å². The van der Waals surface area contributed by atoms with Crippen LogP contribution in [0.15, 0.2) is 218 Å². The Labute approximate surface area is 357 Å². The summed E-state index contributed by atoms with van der Waals surface area (Å²) in [7, 11) is 0. The number of para-hydroxylation sites is 3. The van der Waals surface area contributed by atoms with Gasteiger partial charge in [-0.1, -0.05) is 152 Å². The van der Waals surface area contributed by atoms with Gasteiger partial charge in [0.05, 0.1) is 22.4 Å². The summed E-state index contributed by atoms with van der Waals surface area (Å²) in [6, 6.07) is 73.8. The third kappa shape index (κ3) is 5.68. The van der Waals surface area contributed by atoms with E-state index in [9.17, 15) is 0 Å². The highest BCUT2D eigenvalue weighted by Gasteiger charge is 2.22. The zero-order chi connectivity index (χ0) is 41.3. The van der Waals surface area contributed by atoms with Crippen LogP contribution >= 0.6 is 0 Å². The Balaban J connectivity index is 1.05. The van der Waals surface area contributed by atoms with E-state index in [4.69, 9.17) is 0 Å². The molecule has 0 N–H and O–H groups in total. The van der Waals surface area contributed by atoms with Gasteiger partial charge in [-0.15, -0.1) is 0 Å². The Morgan fingerprint density at radius 2 is 0.887 bits per heavy atom. The first-order chi connectivity index (χ1) is 30.6. The van der Waals surface area contributed by atoms with E-state index in [0.29, 0.717) is 5.69 Å². The fraction of sp³-hybridized carbons (Fsp3) is 0. The number of aromatic nitrogens is 1. The molecule has 11 aromatic carbocycles. The summed E-state index contributed by atoms with van der Waals surface area (Å²) in [4.78, 5) is 1.64. The first kappa shape index (κ1) is 35.8. The van der Waals surface area contributed by atoms with E-state index in [0.717, 1.165) is 33.2 Å². The number of benzene rings is 11. The molecular weight excluding hydrogens is 763 g/mol. The van der Waals surface area contributed by atoms with E-state index in [1.54, 1.807) is 41.3 Å². The summed E-state index contributed by atoms with van der Waals surface area (Å²) in [6.07, 6.45) is 0. The number of halogens is 2. The Hall–Kier alpha value is -8.08. The Kier molecular flexibility index (Phi) is 8.26. The highest BCUT2D eigenvalue weighted by atomic mass is 19.1. The molecule has 0 saturated heterocycles. The van der Waals surface area contributed by atoms with Gasteiger partial charge in [0.15, 0.2) is 0 Å². The topological polar surface area (TPSA) is 8.17 Å². The van der Waals surface area contributed by atoms with Gasteiger partial charge in [-0.25, -0.2) is 8.78 Å². The van der Waals surface area contributed by atoms with Gasteiger partial charge in [-0.05, 0) is 132 Å². The fourth-order valence-corrected chi connectivity index (χ4v) is 9.66. The van der Waals surface area contributed by atoms with Crippen LogP contribution in [-0.4, -0.2) is 4.57 Å². The van der Waals surface area contributed by atoms with Crippen molar-refractivity contribution in [3.63, 3.8) is 0 Å². The van der Waals surface area contributed by atoms with Crippen molar-refractivity contribution in [2.75, 3.05) is 4.90 Å². The van der Waals surface area contributed by atoms with Crippen molar-refractivity contribution in [3.8, 4) is 39.1 Å². The molecule has 0 bridgehead atoms. The lowest BCUT2D eigenvalue weighted by Gasteiger charge is -2.26. The summed E-state index contributed by atoms with van der Waals surface area (Å²) >= 11 is 0. The molecule has 0 aliphatic carbocycles. The number of nitrogens with zero attached hydrogens (tertiary/aromatic N) is 2. The van der Waals surface area contributed by atoms with Crippen LogP contribution in [0.25, 0.3) is 93.2 Å². The average Bonchev–Trinajstić information content (AvgIpc) is 3.66. The second-order valence-corrected chi connectivity index (χ2v) is 15.9. The summed E-state index contributed by atoms with van der Waals surface area (Å²) in [5, 5.41) is 9.61. The number of hydrogen-bond donors (Lipinski definition) is 0. The molecule has 292 valence electrons. The molecule has 0 aliphatic rings. The summed E-state index contributed by atoms with van der Waals surface area (Å²) in [5.41, 5.74) is 11.4. The van der Waals surface area contributed by atoms with Crippen molar-refractivity contribution in [1.29, 1.82) is 0 Å². The zero-order valence-electron chi connectivity index (χ0n) is 33.4. The van der Waals surface area contributed by atoms with Gasteiger partial charge in [-0.2, -0.15) is 0 Å². The van der Waals surface area contributed by atoms with Crippen LogP contribution in [0.3, 0.4) is 0 Å². The fourth-order valence-electron chi connectivity index (χ4n) is 9.66. The predicted octanol–water partition coefficient (Wildman–Crippen LogP) is 16.4. The minimum atomic E-state index is -0.429. The van der Waals surface area contributed by atoms with Crippen molar-refractivity contribution in [2.45, 2.75) is 0 Å². The van der Waals surface area contributed by atoms with E-state index in [2.05, 4.69) is 162 Å². The van der Waals surface area contributed by atoms with Crippen LogP contribution in [0, 0.1) is 11.6 Å². The van der Waals surface area contributed by atoms with Gasteiger partial charge in [0.1, 0.15) is 11.6 Å².